The van der Waals surface area contributed by atoms with E-state index in [0.29, 0.717) is 25.4 Å². The molecule has 3 aromatic rings. The number of anilines is 1. The normalized spacial score (nSPS) is 18.2. The number of aliphatic hydroxyl groups excluding tert-OH is 1. The third-order valence-corrected chi connectivity index (χ3v) is 8.75. The number of fused-ring (bicyclic) bond motifs is 1. The molecular weight excluding hydrogens is 542 g/mol. The maximum atomic E-state index is 13.7. The third-order valence-electron chi connectivity index (χ3n) is 7.35. The molecule has 41 heavy (non-hydrogen) atoms. The molecule has 3 aromatic carbocycles. The highest BCUT2D eigenvalue weighted by atomic mass is 32.2. The predicted octanol–water partition coefficient (Wildman–Crippen LogP) is 4.16. The van der Waals surface area contributed by atoms with Crippen molar-refractivity contribution in [3.8, 4) is 11.5 Å². The Balaban J connectivity index is 1.61. The second-order valence-electron chi connectivity index (χ2n) is 10.8. The van der Waals surface area contributed by atoms with Crippen LogP contribution in [0.25, 0.3) is 0 Å². The number of hydrogen-bond acceptors (Lipinski definition) is 7. The van der Waals surface area contributed by atoms with Crippen molar-refractivity contribution in [2.75, 3.05) is 38.6 Å². The van der Waals surface area contributed by atoms with E-state index in [1.165, 1.54) is 6.07 Å². The van der Waals surface area contributed by atoms with Gasteiger partial charge in [0.15, 0.2) is 0 Å². The SMILES string of the molecule is COc1ccc(CN(C)C[C@@H]2Oc3ccc(NS(=O)(=O)c4ccc(C)cc4)cc3C(=O)N([C@@H](C)CO)C[C@H]2C)cc1. The summed E-state index contributed by atoms with van der Waals surface area (Å²) >= 11 is 0. The van der Waals surface area contributed by atoms with E-state index < -0.39 is 16.1 Å². The minimum Gasteiger partial charge on any atom is -0.497 e. The van der Waals surface area contributed by atoms with E-state index in [2.05, 4.69) is 9.62 Å². The van der Waals surface area contributed by atoms with Crippen LogP contribution < -0.4 is 14.2 Å². The maximum absolute atomic E-state index is 13.7. The number of ether oxygens (including phenoxy) is 2. The second-order valence-corrected chi connectivity index (χ2v) is 12.5. The van der Waals surface area contributed by atoms with Crippen molar-refractivity contribution < 1.29 is 27.8 Å². The largest absolute Gasteiger partial charge is 0.497 e. The molecular formula is C31H39N3O6S. The number of carbonyl (C=O) groups excluding carboxylic acids is 1. The first-order valence-electron chi connectivity index (χ1n) is 13.6. The Morgan fingerprint density at radius 1 is 1.12 bits per heavy atom. The van der Waals surface area contributed by atoms with Gasteiger partial charge in [0.2, 0.25) is 0 Å². The summed E-state index contributed by atoms with van der Waals surface area (Å²) in [7, 11) is -0.210. The molecule has 0 unspecified atom stereocenters. The zero-order valence-electron chi connectivity index (χ0n) is 24.2. The van der Waals surface area contributed by atoms with Crippen molar-refractivity contribution in [3.63, 3.8) is 0 Å². The Morgan fingerprint density at radius 2 is 1.80 bits per heavy atom. The maximum Gasteiger partial charge on any atom is 0.261 e. The van der Waals surface area contributed by atoms with Crippen LogP contribution in [-0.2, 0) is 16.6 Å². The number of carbonyl (C=O) groups is 1. The van der Waals surface area contributed by atoms with Gasteiger partial charge in [0.1, 0.15) is 17.6 Å². The molecule has 0 aromatic heterocycles. The fourth-order valence-electron chi connectivity index (χ4n) is 4.85. The lowest BCUT2D eigenvalue weighted by Gasteiger charge is -2.38. The summed E-state index contributed by atoms with van der Waals surface area (Å²) in [4.78, 5) is 17.6. The number of likely N-dealkylation sites (N-methyl/N-ethyl adjacent to an activating group) is 1. The quantitative estimate of drug-likeness (QED) is 0.370. The minimum absolute atomic E-state index is 0.0425. The van der Waals surface area contributed by atoms with E-state index in [1.54, 1.807) is 55.3 Å². The zero-order valence-corrected chi connectivity index (χ0v) is 25.0. The summed E-state index contributed by atoms with van der Waals surface area (Å²) in [6.45, 7) is 7.17. The van der Waals surface area contributed by atoms with Crippen LogP contribution >= 0.6 is 0 Å². The van der Waals surface area contributed by atoms with Crippen LogP contribution in [0.1, 0.15) is 35.3 Å². The zero-order chi connectivity index (χ0) is 29.7. The smallest absolute Gasteiger partial charge is 0.261 e. The number of methoxy groups -OCH3 is 1. The van der Waals surface area contributed by atoms with E-state index in [-0.39, 0.29) is 40.7 Å². The number of nitrogens with zero attached hydrogens (tertiary/aromatic N) is 2. The van der Waals surface area contributed by atoms with Gasteiger partial charge < -0.3 is 19.5 Å². The molecule has 0 bridgehead atoms. The number of sulfonamides is 1. The van der Waals surface area contributed by atoms with E-state index in [9.17, 15) is 18.3 Å². The fourth-order valence-corrected chi connectivity index (χ4v) is 5.90. The third kappa shape index (κ3) is 7.38. The van der Waals surface area contributed by atoms with Crippen LogP contribution in [-0.4, -0.2) is 75.2 Å². The molecule has 1 heterocycles. The molecule has 0 radical (unpaired) electrons. The fraction of sp³-hybridized carbons (Fsp3) is 0.387. The Bertz CT molecular complexity index is 1440. The number of rotatable bonds is 10. The first kappa shape index (κ1) is 30.4. The van der Waals surface area contributed by atoms with Gasteiger partial charge in [-0.1, -0.05) is 36.8 Å². The van der Waals surface area contributed by atoms with Crippen molar-refractivity contribution in [2.45, 2.75) is 44.4 Å². The Labute approximate surface area is 242 Å². The van der Waals surface area contributed by atoms with Crippen molar-refractivity contribution in [2.24, 2.45) is 5.92 Å². The lowest BCUT2D eigenvalue weighted by atomic mass is 9.99. The van der Waals surface area contributed by atoms with Crippen LogP contribution in [0.3, 0.4) is 0 Å². The molecule has 1 aliphatic heterocycles. The average molecular weight is 582 g/mol. The van der Waals surface area contributed by atoms with E-state index in [4.69, 9.17) is 9.47 Å². The number of aryl methyl sites for hydroxylation is 1. The van der Waals surface area contributed by atoms with Gasteiger partial charge in [0.25, 0.3) is 15.9 Å². The number of nitrogens with one attached hydrogen (secondary N) is 1. The topological polar surface area (TPSA) is 108 Å². The van der Waals surface area contributed by atoms with Gasteiger partial charge in [-0.05, 0) is 68.9 Å². The lowest BCUT2D eigenvalue weighted by Crippen LogP contribution is -2.49. The average Bonchev–Trinajstić information content (AvgIpc) is 2.95. The van der Waals surface area contributed by atoms with Crippen LogP contribution in [0.5, 0.6) is 11.5 Å². The minimum atomic E-state index is -3.86. The molecule has 2 N–H and O–H groups in total. The first-order valence-corrected chi connectivity index (χ1v) is 15.1. The molecule has 10 heteroatoms. The summed E-state index contributed by atoms with van der Waals surface area (Å²) in [6.07, 6.45) is -0.270. The lowest BCUT2D eigenvalue weighted by molar-refractivity contribution is 0.0341. The summed E-state index contributed by atoms with van der Waals surface area (Å²) in [5.41, 5.74) is 2.57. The number of benzene rings is 3. The van der Waals surface area contributed by atoms with Crippen molar-refractivity contribution >= 4 is 21.6 Å². The van der Waals surface area contributed by atoms with E-state index >= 15 is 0 Å². The Hall–Kier alpha value is -3.60. The van der Waals surface area contributed by atoms with Crippen molar-refractivity contribution in [1.82, 2.24) is 9.80 Å². The second kappa shape index (κ2) is 12.9. The molecule has 0 aliphatic carbocycles. The van der Waals surface area contributed by atoms with Gasteiger partial charge in [0, 0.05) is 31.2 Å². The molecule has 4 rings (SSSR count). The monoisotopic (exact) mass is 581 g/mol. The van der Waals surface area contributed by atoms with E-state index in [1.807, 2.05) is 45.2 Å². The van der Waals surface area contributed by atoms with Gasteiger partial charge in [-0.15, -0.1) is 0 Å². The van der Waals surface area contributed by atoms with Gasteiger partial charge in [-0.25, -0.2) is 8.42 Å². The van der Waals surface area contributed by atoms with Crippen LogP contribution in [0.2, 0.25) is 0 Å². The Morgan fingerprint density at radius 3 is 2.44 bits per heavy atom. The van der Waals surface area contributed by atoms with Crippen molar-refractivity contribution in [3.05, 3.63) is 83.4 Å². The summed E-state index contributed by atoms with van der Waals surface area (Å²) in [5, 5.41) is 9.93. The molecule has 220 valence electrons. The summed E-state index contributed by atoms with van der Waals surface area (Å²) in [5.74, 6) is 0.806. The molecule has 0 spiro atoms. The molecule has 0 saturated carbocycles. The molecule has 0 fully saturated rings. The standard InChI is InChI=1S/C31H39N3O6S/c1-21-6-13-27(14-7-21)41(37,38)32-25-10-15-29-28(16-25)31(36)34(23(3)20-35)17-22(2)30(40-29)19-33(4)18-24-8-11-26(39-5)12-9-24/h6-16,22-23,30,32,35H,17-20H2,1-5H3/t22-,23+,30+/m1/s1. The van der Waals surface area contributed by atoms with Gasteiger partial charge >= 0.3 is 0 Å². The molecule has 1 amide bonds. The molecule has 9 nitrogen and oxygen atoms in total. The molecule has 0 saturated heterocycles. The Kier molecular flexibility index (Phi) is 9.57. The highest BCUT2D eigenvalue weighted by Crippen LogP contribution is 2.31. The number of aliphatic hydroxyl groups is 1. The molecule has 1 aliphatic rings. The summed E-state index contributed by atoms with van der Waals surface area (Å²) in [6, 6.07) is 18.8. The van der Waals surface area contributed by atoms with Gasteiger partial charge in [-0.3, -0.25) is 14.4 Å². The summed E-state index contributed by atoms with van der Waals surface area (Å²) < 4.78 is 40.3. The van der Waals surface area contributed by atoms with Crippen molar-refractivity contribution in [1.29, 1.82) is 0 Å². The highest BCUT2D eigenvalue weighted by molar-refractivity contribution is 7.92. The van der Waals surface area contributed by atoms with E-state index in [0.717, 1.165) is 16.9 Å². The molecule has 3 atom stereocenters. The van der Waals surface area contributed by atoms with Gasteiger partial charge in [-0.2, -0.15) is 0 Å². The number of hydrogen-bond donors (Lipinski definition) is 2. The highest BCUT2D eigenvalue weighted by Gasteiger charge is 2.33. The van der Waals surface area contributed by atoms with Crippen LogP contribution in [0, 0.1) is 12.8 Å². The van der Waals surface area contributed by atoms with Crippen LogP contribution in [0.15, 0.2) is 71.6 Å². The first-order chi connectivity index (χ1) is 19.5. The number of amides is 1. The van der Waals surface area contributed by atoms with Crippen LogP contribution in [0.4, 0.5) is 5.69 Å². The predicted molar refractivity (Wildman–Crippen MR) is 159 cm³/mol. The van der Waals surface area contributed by atoms with Gasteiger partial charge in [0.05, 0.1) is 30.2 Å².